The second-order valence-electron chi connectivity index (χ2n) is 7.50. The van der Waals surface area contributed by atoms with Crippen molar-refractivity contribution in [3.05, 3.63) is 65.4 Å². The number of rotatable bonds is 3. The molecule has 1 saturated heterocycles. The van der Waals surface area contributed by atoms with E-state index in [0.29, 0.717) is 12.2 Å². The zero-order chi connectivity index (χ0) is 19.8. The number of amides is 2. The Labute approximate surface area is 165 Å². The van der Waals surface area contributed by atoms with Crippen molar-refractivity contribution in [1.82, 2.24) is 9.88 Å². The van der Waals surface area contributed by atoms with Gasteiger partial charge in [-0.2, -0.15) is 0 Å². The summed E-state index contributed by atoms with van der Waals surface area (Å²) < 4.78 is 0. The van der Waals surface area contributed by atoms with Gasteiger partial charge < -0.3 is 14.8 Å². The Morgan fingerprint density at radius 1 is 1.14 bits per heavy atom. The van der Waals surface area contributed by atoms with Gasteiger partial charge in [-0.1, -0.05) is 42.8 Å². The van der Waals surface area contributed by atoms with Gasteiger partial charge in [0.25, 0.3) is 5.91 Å². The van der Waals surface area contributed by atoms with E-state index in [1.54, 1.807) is 9.80 Å². The molecule has 3 aromatic rings. The topological polar surface area (TPSA) is 56.4 Å². The largest absolute Gasteiger partial charge is 0.350 e. The van der Waals surface area contributed by atoms with Crippen LogP contribution in [-0.2, 0) is 11.2 Å². The number of aromatic nitrogens is 1. The lowest BCUT2D eigenvalue weighted by molar-refractivity contribution is -0.121. The van der Waals surface area contributed by atoms with E-state index in [2.05, 4.69) is 11.9 Å². The molecule has 1 N–H and O–H groups in total. The number of anilines is 1. The summed E-state index contributed by atoms with van der Waals surface area (Å²) in [6.07, 6.45) is 0.761. The van der Waals surface area contributed by atoms with Crippen LogP contribution in [0.3, 0.4) is 0 Å². The minimum Gasteiger partial charge on any atom is -0.350 e. The lowest BCUT2D eigenvalue weighted by Gasteiger charge is -2.39. The summed E-state index contributed by atoms with van der Waals surface area (Å²) in [6.45, 7) is 6.66. The molecule has 0 aliphatic carbocycles. The second kappa shape index (κ2) is 7.15. The highest BCUT2D eigenvalue weighted by Crippen LogP contribution is 2.26. The highest BCUT2D eigenvalue weighted by Gasteiger charge is 2.35. The van der Waals surface area contributed by atoms with Gasteiger partial charge in [-0.15, -0.1) is 0 Å². The van der Waals surface area contributed by atoms with Crippen molar-refractivity contribution in [3.8, 4) is 0 Å². The van der Waals surface area contributed by atoms with Gasteiger partial charge in [-0.3, -0.25) is 9.59 Å². The van der Waals surface area contributed by atoms with Crippen LogP contribution in [0.4, 0.5) is 5.69 Å². The molecule has 1 aliphatic rings. The van der Waals surface area contributed by atoms with E-state index in [9.17, 15) is 9.59 Å². The monoisotopic (exact) mass is 375 g/mol. The van der Waals surface area contributed by atoms with Crippen LogP contribution in [0.2, 0.25) is 0 Å². The molecular weight excluding hydrogens is 350 g/mol. The number of benzene rings is 2. The molecule has 28 heavy (non-hydrogen) atoms. The number of H-pyrrole nitrogens is 1. The predicted molar refractivity (Wildman–Crippen MR) is 112 cm³/mol. The van der Waals surface area contributed by atoms with E-state index in [-0.39, 0.29) is 24.4 Å². The van der Waals surface area contributed by atoms with Gasteiger partial charge >= 0.3 is 0 Å². The fourth-order valence-corrected chi connectivity index (χ4v) is 3.99. The number of piperazine rings is 1. The zero-order valence-corrected chi connectivity index (χ0v) is 16.5. The van der Waals surface area contributed by atoms with Gasteiger partial charge in [-0.05, 0) is 44.0 Å². The maximum absolute atomic E-state index is 13.3. The van der Waals surface area contributed by atoms with Crippen LogP contribution in [0.15, 0.2) is 48.5 Å². The van der Waals surface area contributed by atoms with Crippen LogP contribution in [0.5, 0.6) is 0 Å². The SMILES string of the molecule is CCc1c(C(=O)N2CC(=O)N(c3ccc(C)cc3)C[C@H]2C)[nH]c2ccccc12. The Morgan fingerprint density at radius 2 is 1.86 bits per heavy atom. The van der Waals surface area contributed by atoms with Crippen LogP contribution < -0.4 is 4.90 Å². The molecule has 0 saturated carbocycles. The average Bonchev–Trinajstić information content (AvgIpc) is 3.08. The molecule has 4 rings (SSSR count). The number of nitrogens with zero attached hydrogens (tertiary/aromatic N) is 2. The third kappa shape index (κ3) is 3.07. The van der Waals surface area contributed by atoms with Crippen LogP contribution in [0.25, 0.3) is 10.9 Å². The van der Waals surface area contributed by atoms with Crippen molar-refractivity contribution >= 4 is 28.4 Å². The van der Waals surface area contributed by atoms with Crippen molar-refractivity contribution in [2.45, 2.75) is 33.2 Å². The van der Waals surface area contributed by atoms with Gasteiger partial charge in [0.2, 0.25) is 5.91 Å². The Hall–Kier alpha value is -3.08. The summed E-state index contributed by atoms with van der Waals surface area (Å²) in [7, 11) is 0. The summed E-state index contributed by atoms with van der Waals surface area (Å²) in [4.78, 5) is 32.9. The first-order valence-electron chi connectivity index (χ1n) is 9.77. The lowest BCUT2D eigenvalue weighted by Crippen LogP contribution is -2.57. The zero-order valence-electron chi connectivity index (χ0n) is 16.5. The molecule has 0 radical (unpaired) electrons. The molecule has 0 spiro atoms. The van der Waals surface area contributed by atoms with E-state index in [4.69, 9.17) is 0 Å². The smallest absolute Gasteiger partial charge is 0.271 e. The summed E-state index contributed by atoms with van der Waals surface area (Å²) in [5, 5.41) is 1.07. The summed E-state index contributed by atoms with van der Waals surface area (Å²) in [6, 6.07) is 15.8. The van der Waals surface area contributed by atoms with Crippen molar-refractivity contribution in [2.75, 3.05) is 18.0 Å². The first-order valence-corrected chi connectivity index (χ1v) is 9.77. The first kappa shape index (κ1) is 18.3. The second-order valence-corrected chi connectivity index (χ2v) is 7.50. The molecule has 1 aromatic heterocycles. The van der Waals surface area contributed by atoms with Crippen molar-refractivity contribution in [3.63, 3.8) is 0 Å². The Bertz CT molecular complexity index is 1040. The summed E-state index contributed by atoms with van der Waals surface area (Å²) in [5.41, 5.74) is 4.62. The number of hydrogen-bond donors (Lipinski definition) is 1. The fourth-order valence-electron chi connectivity index (χ4n) is 3.99. The lowest BCUT2D eigenvalue weighted by atomic mass is 10.1. The Balaban J connectivity index is 1.61. The van der Waals surface area contributed by atoms with Crippen LogP contribution in [-0.4, -0.2) is 40.8 Å². The van der Waals surface area contributed by atoms with Crippen molar-refractivity contribution < 1.29 is 9.59 Å². The molecule has 2 amide bonds. The van der Waals surface area contributed by atoms with E-state index in [1.807, 2.05) is 62.4 Å². The normalized spacial score (nSPS) is 17.4. The maximum atomic E-state index is 13.3. The van der Waals surface area contributed by atoms with Gasteiger partial charge in [0.1, 0.15) is 12.2 Å². The third-order valence-corrected chi connectivity index (χ3v) is 5.57. The Kier molecular flexibility index (Phi) is 4.67. The number of fused-ring (bicyclic) bond motifs is 1. The molecule has 1 aliphatic heterocycles. The number of carbonyl (C=O) groups is 2. The van der Waals surface area contributed by atoms with E-state index < -0.39 is 0 Å². The number of carbonyl (C=O) groups excluding carboxylic acids is 2. The van der Waals surface area contributed by atoms with Crippen LogP contribution >= 0.6 is 0 Å². The molecule has 1 fully saturated rings. The fraction of sp³-hybridized carbons (Fsp3) is 0.304. The molecule has 2 heterocycles. The molecule has 5 heteroatoms. The van der Waals surface area contributed by atoms with Gasteiger partial charge in [0.15, 0.2) is 0 Å². The van der Waals surface area contributed by atoms with Crippen LogP contribution in [0, 0.1) is 6.92 Å². The van der Waals surface area contributed by atoms with E-state index in [0.717, 1.165) is 34.1 Å². The molecule has 0 unspecified atom stereocenters. The minimum atomic E-state index is -0.0996. The minimum absolute atomic E-state index is 0.0514. The highest BCUT2D eigenvalue weighted by atomic mass is 16.2. The van der Waals surface area contributed by atoms with E-state index in [1.165, 1.54) is 0 Å². The predicted octanol–water partition coefficient (Wildman–Crippen LogP) is 3.92. The van der Waals surface area contributed by atoms with Gasteiger partial charge in [-0.25, -0.2) is 0 Å². The Morgan fingerprint density at radius 3 is 2.57 bits per heavy atom. The summed E-state index contributed by atoms with van der Waals surface area (Å²) >= 11 is 0. The highest BCUT2D eigenvalue weighted by molar-refractivity contribution is 6.04. The van der Waals surface area contributed by atoms with Crippen LogP contribution in [0.1, 0.15) is 35.5 Å². The quantitative estimate of drug-likeness (QED) is 0.754. The van der Waals surface area contributed by atoms with Crippen molar-refractivity contribution in [2.24, 2.45) is 0 Å². The number of para-hydroxylation sites is 1. The number of aryl methyl sites for hydroxylation is 2. The molecular formula is C23H25N3O2. The standard InChI is InChI=1S/C23H25N3O2/c1-4-18-19-7-5-6-8-20(19)24-22(18)23(28)25-14-21(27)26(13-16(25)3)17-11-9-15(2)10-12-17/h5-12,16,24H,4,13-14H2,1-3H3/t16-/m1/s1. The molecule has 144 valence electrons. The number of hydrogen-bond acceptors (Lipinski definition) is 2. The maximum Gasteiger partial charge on any atom is 0.271 e. The molecule has 1 atom stereocenters. The molecule has 5 nitrogen and oxygen atoms in total. The molecule has 2 aromatic carbocycles. The molecule has 0 bridgehead atoms. The third-order valence-electron chi connectivity index (χ3n) is 5.57. The van der Waals surface area contributed by atoms with Gasteiger partial charge in [0.05, 0.1) is 0 Å². The number of aromatic amines is 1. The van der Waals surface area contributed by atoms with E-state index >= 15 is 0 Å². The van der Waals surface area contributed by atoms with Gasteiger partial charge in [0, 0.05) is 29.2 Å². The van der Waals surface area contributed by atoms with Crippen molar-refractivity contribution in [1.29, 1.82) is 0 Å². The average molecular weight is 375 g/mol. The first-order chi connectivity index (χ1) is 13.5. The summed E-state index contributed by atoms with van der Waals surface area (Å²) in [5.74, 6) is -0.151. The number of nitrogens with one attached hydrogen (secondary N) is 1.